The number of aromatic nitrogens is 1. The molecule has 31 heavy (non-hydrogen) atoms. The molecule has 7 nitrogen and oxygen atoms in total. The van der Waals surface area contributed by atoms with Crippen LogP contribution in [0.25, 0.3) is 10.9 Å². The summed E-state index contributed by atoms with van der Waals surface area (Å²) in [4.78, 5) is 24.4. The quantitative estimate of drug-likeness (QED) is 0.544. The van der Waals surface area contributed by atoms with E-state index in [-0.39, 0.29) is 34.2 Å². The van der Waals surface area contributed by atoms with E-state index in [0.29, 0.717) is 27.9 Å². The average Bonchev–Trinajstić information content (AvgIpc) is 3.61. The number of hydrogen-bond donors (Lipinski definition) is 4. The third-order valence-electron chi connectivity index (χ3n) is 7.54. The van der Waals surface area contributed by atoms with Gasteiger partial charge in [0.1, 0.15) is 11.3 Å². The molecule has 4 atom stereocenters. The van der Waals surface area contributed by atoms with Gasteiger partial charge in [-0.05, 0) is 63.7 Å². The minimum atomic E-state index is -1.26. The van der Waals surface area contributed by atoms with Crippen molar-refractivity contribution in [1.29, 1.82) is 0 Å². The molecule has 2 heterocycles. The highest BCUT2D eigenvalue weighted by atomic mass is 35.5. The lowest BCUT2D eigenvalue weighted by Gasteiger charge is -2.19. The summed E-state index contributed by atoms with van der Waals surface area (Å²) in [6.07, 6.45) is 5.19. The molecule has 5 rings (SSSR count). The van der Waals surface area contributed by atoms with Gasteiger partial charge in [0.05, 0.1) is 15.9 Å². The number of phenols is 1. The van der Waals surface area contributed by atoms with Crippen molar-refractivity contribution >= 4 is 28.5 Å². The smallest absolute Gasteiger partial charge is 0.341 e. The van der Waals surface area contributed by atoms with E-state index in [1.54, 1.807) is 0 Å². The maximum Gasteiger partial charge on any atom is 0.341 e. The van der Waals surface area contributed by atoms with Gasteiger partial charge in [0, 0.05) is 29.3 Å². The largest absolute Gasteiger partial charge is 0.508 e. The van der Waals surface area contributed by atoms with E-state index in [2.05, 4.69) is 17.6 Å². The van der Waals surface area contributed by atoms with E-state index in [0.717, 1.165) is 38.8 Å². The summed E-state index contributed by atoms with van der Waals surface area (Å²) in [7, 11) is 1.97. The summed E-state index contributed by atoms with van der Waals surface area (Å²) in [5.74, 6) is -0.0955. The lowest BCUT2D eigenvalue weighted by molar-refractivity contribution is 0.0695. The number of rotatable bonds is 6. The van der Waals surface area contributed by atoms with Crippen LogP contribution in [0.2, 0.25) is 5.02 Å². The third kappa shape index (κ3) is 3.25. The first-order chi connectivity index (χ1) is 14.8. The zero-order valence-electron chi connectivity index (χ0n) is 17.7. The highest BCUT2D eigenvalue weighted by Gasteiger charge is 2.60. The topological polar surface area (TPSA) is 104 Å². The molecule has 8 heteroatoms. The zero-order valence-corrected chi connectivity index (χ0v) is 18.5. The fraction of sp³-hybridized carbons (Fsp3) is 0.565. The molecule has 2 aliphatic carbocycles. The number of aromatic carboxylic acids is 1. The van der Waals surface area contributed by atoms with Crippen LogP contribution >= 0.6 is 11.6 Å². The first-order valence-electron chi connectivity index (χ1n) is 11.0. The van der Waals surface area contributed by atoms with Gasteiger partial charge in [-0.2, -0.15) is 0 Å². The highest BCUT2D eigenvalue weighted by Crippen LogP contribution is 2.61. The molecule has 0 radical (unpaired) electrons. The molecular formula is C23H28ClN3O4. The molecular weight excluding hydrogens is 418 g/mol. The Morgan fingerprint density at radius 2 is 2.16 bits per heavy atom. The number of nitrogens with one attached hydrogen (secondary N) is 2. The van der Waals surface area contributed by atoms with E-state index in [1.165, 1.54) is 12.3 Å². The van der Waals surface area contributed by atoms with Crippen molar-refractivity contribution in [3.63, 3.8) is 0 Å². The van der Waals surface area contributed by atoms with Gasteiger partial charge in [0.25, 0.3) is 0 Å². The number of carboxylic acid groups (broad SMARTS) is 1. The fourth-order valence-corrected chi connectivity index (χ4v) is 5.97. The summed E-state index contributed by atoms with van der Waals surface area (Å²) in [6.45, 7) is 4.17. The molecule has 2 saturated carbocycles. The van der Waals surface area contributed by atoms with Crippen LogP contribution in [0, 0.1) is 11.8 Å². The number of nitrogens with zero attached hydrogens (tertiary/aromatic N) is 1. The number of phenolic OH excluding ortho intramolecular Hbond substituents is 1. The number of pyridine rings is 1. The molecule has 1 aliphatic heterocycles. The van der Waals surface area contributed by atoms with Gasteiger partial charge in [0.15, 0.2) is 0 Å². The van der Waals surface area contributed by atoms with Gasteiger partial charge in [-0.15, -0.1) is 0 Å². The minimum Gasteiger partial charge on any atom is -0.508 e. The number of fused-ring (bicyclic) bond motifs is 1. The standard InChI is InChI=1S/C23H28ClN3O4/c1-11(8-25-2)12-6-23(26-9-12)7-16(23)18-17(28)5-14-20(19(18)24)27(13-3-4-13)10-15(21(14)29)22(30)31/h5,10-13,16,25-26,28H,3-4,6-9H2,1-2H3,(H,30,31)/t11-,12+,16?,23?/m1/s1. The molecule has 1 aromatic heterocycles. The van der Waals surface area contributed by atoms with Crippen molar-refractivity contribution in [3.05, 3.63) is 38.6 Å². The first-order valence-corrected chi connectivity index (χ1v) is 11.4. The van der Waals surface area contributed by atoms with Crippen molar-refractivity contribution in [3.8, 4) is 5.75 Å². The summed E-state index contributed by atoms with van der Waals surface area (Å²) in [5.41, 5.74) is 0.276. The van der Waals surface area contributed by atoms with E-state index < -0.39 is 11.4 Å². The van der Waals surface area contributed by atoms with Crippen LogP contribution in [0.5, 0.6) is 5.75 Å². The van der Waals surface area contributed by atoms with Crippen LogP contribution < -0.4 is 16.1 Å². The molecule has 2 aromatic rings. The van der Waals surface area contributed by atoms with E-state index in [9.17, 15) is 19.8 Å². The number of carbonyl (C=O) groups is 1. The SMILES string of the molecule is CNC[C@@H](C)[C@@H]1CNC2(CC2c2c(O)cc3c(=O)c(C(=O)O)cn(C4CC4)c3c2Cl)C1. The summed E-state index contributed by atoms with van der Waals surface area (Å²) >= 11 is 6.87. The molecule has 1 spiro atoms. The molecule has 166 valence electrons. The Morgan fingerprint density at radius 3 is 2.81 bits per heavy atom. The van der Waals surface area contributed by atoms with Crippen LogP contribution in [-0.4, -0.2) is 46.4 Å². The van der Waals surface area contributed by atoms with Crippen molar-refractivity contribution in [2.24, 2.45) is 11.8 Å². The van der Waals surface area contributed by atoms with Crippen LogP contribution in [0.3, 0.4) is 0 Å². The second-order valence-electron chi connectivity index (χ2n) is 9.63. The number of carboxylic acids is 1. The average molecular weight is 446 g/mol. The Morgan fingerprint density at radius 1 is 1.42 bits per heavy atom. The number of benzene rings is 1. The Labute approximate surface area is 185 Å². The van der Waals surface area contributed by atoms with Gasteiger partial charge in [-0.1, -0.05) is 18.5 Å². The number of halogens is 1. The highest BCUT2D eigenvalue weighted by molar-refractivity contribution is 6.36. The lowest BCUT2D eigenvalue weighted by Crippen LogP contribution is -2.26. The maximum atomic E-state index is 12.8. The fourth-order valence-electron chi connectivity index (χ4n) is 5.54. The third-order valence-corrected chi connectivity index (χ3v) is 7.92. The second kappa shape index (κ2) is 7.22. The number of aromatic hydroxyl groups is 1. The lowest BCUT2D eigenvalue weighted by atomic mass is 9.89. The molecule has 0 bridgehead atoms. The van der Waals surface area contributed by atoms with Gasteiger partial charge >= 0.3 is 5.97 Å². The summed E-state index contributed by atoms with van der Waals surface area (Å²) in [6, 6.07) is 1.56. The molecule has 2 unspecified atom stereocenters. The van der Waals surface area contributed by atoms with Crippen LogP contribution in [-0.2, 0) is 0 Å². The second-order valence-corrected chi connectivity index (χ2v) is 10.0. The Kier molecular flexibility index (Phi) is 4.84. The van der Waals surface area contributed by atoms with E-state index in [4.69, 9.17) is 11.6 Å². The molecule has 4 N–H and O–H groups in total. The van der Waals surface area contributed by atoms with Gasteiger partial charge in [0.2, 0.25) is 5.43 Å². The molecule has 1 saturated heterocycles. The van der Waals surface area contributed by atoms with Crippen molar-refractivity contribution in [2.75, 3.05) is 20.1 Å². The number of hydrogen-bond acceptors (Lipinski definition) is 5. The Hall–Kier alpha value is -2.09. The van der Waals surface area contributed by atoms with Crippen molar-refractivity contribution in [2.45, 2.75) is 50.1 Å². The Balaban J connectivity index is 1.58. The Bertz CT molecular complexity index is 1140. The van der Waals surface area contributed by atoms with Gasteiger partial charge in [-0.3, -0.25) is 4.79 Å². The van der Waals surface area contributed by atoms with Crippen LogP contribution in [0.15, 0.2) is 17.1 Å². The van der Waals surface area contributed by atoms with Gasteiger partial charge in [-0.25, -0.2) is 4.79 Å². The zero-order chi connectivity index (χ0) is 22.1. The predicted molar refractivity (Wildman–Crippen MR) is 119 cm³/mol. The van der Waals surface area contributed by atoms with Gasteiger partial charge < -0.3 is 25.4 Å². The molecule has 3 fully saturated rings. The monoisotopic (exact) mass is 445 g/mol. The maximum absolute atomic E-state index is 12.8. The summed E-state index contributed by atoms with van der Waals surface area (Å²) in [5, 5.41) is 27.8. The first kappa shape index (κ1) is 20.8. The minimum absolute atomic E-state index is 0.0186. The van der Waals surface area contributed by atoms with E-state index in [1.807, 2.05) is 11.6 Å². The van der Waals surface area contributed by atoms with Crippen molar-refractivity contribution < 1.29 is 15.0 Å². The normalized spacial score (nSPS) is 28.4. The molecule has 1 aromatic carbocycles. The predicted octanol–water partition coefficient (Wildman–Crippen LogP) is 3.08. The van der Waals surface area contributed by atoms with Crippen molar-refractivity contribution in [1.82, 2.24) is 15.2 Å². The summed E-state index contributed by atoms with van der Waals surface area (Å²) < 4.78 is 1.83. The van der Waals surface area contributed by atoms with Crippen LogP contribution in [0.4, 0.5) is 0 Å². The van der Waals surface area contributed by atoms with E-state index >= 15 is 0 Å². The molecule has 3 aliphatic rings. The van der Waals surface area contributed by atoms with Crippen LogP contribution in [0.1, 0.15) is 60.5 Å². The molecule has 0 amide bonds.